The summed E-state index contributed by atoms with van der Waals surface area (Å²) in [5.41, 5.74) is 8.56. The summed E-state index contributed by atoms with van der Waals surface area (Å²) in [4.78, 5) is 4.25. The highest BCUT2D eigenvalue weighted by atomic mass is 15.0. The third-order valence-corrected chi connectivity index (χ3v) is 3.81. The second kappa shape index (κ2) is 4.06. The van der Waals surface area contributed by atoms with Crippen LogP contribution in [0, 0.1) is 12.8 Å². The molecule has 1 unspecified atom stereocenters. The zero-order valence-electron chi connectivity index (χ0n) is 10.4. The molecule has 0 saturated carbocycles. The number of nitrogens with zero attached hydrogens (tertiary/aromatic N) is 1. The zero-order valence-corrected chi connectivity index (χ0v) is 10.4. The molecule has 1 aliphatic heterocycles. The molecular weight excluding hydrogens is 198 g/mol. The molecule has 2 heterocycles. The van der Waals surface area contributed by atoms with Crippen molar-refractivity contribution in [3.63, 3.8) is 0 Å². The summed E-state index contributed by atoms with van der Waals surface area (Å²) in [6, 6.07) is 2.05. The minimum atomic E-state index is 0.0302. The average molecular weight is 219 g/mol. The van der Waals surface area contributed by atoms with Crippen LogP contribution in [0.15, 0.2) is 12.3 Å². The Bertz CT molecular complexity index is 359. The van der Waals surface area contributed by atoms with E-state index >= 15 is 0 Å². The Morgan fingerprint density at radius 3 is 2.75 bits per heavy atom. The van der Waals surface area contributed by atoms with Gasteiger partial charge in [-0.2, -0.15) is 0 Å². The molecule has 2 rings (SSSR count). The number of aromatic nitrogens is 1. The summed E-state index contributed by atoms with van der Waals surface area (Å²) in [5, 5.41) is 3.65. The molecule has 0 amide bonds. The second-order valence-corrected chi connectivity index (χ2v) is 5.04. The SMILES string of the molecule is Cc1ccnc(N)c1C1(C(C)C)CCCN1. The Morgan fingerprint density at radius 1 is 1.50 bits per heavy atom. The van der Waals surface area contributed by atoms with Crippen molar-refractivity contribution in [2.45, 2.75) is 39.2 Å². The third kappa shape index (κ3) is 1.59. The molecule has 1 saturated heterocycles. The number of rotatable bonds is 2. The van der Waals surface area contributed by atoms with Crippen LogP contribution in [0.3, 0.4) is 0 Å². The molecule has 1 aromatic rings. The monoisotopic (exact) mass is 219 g/mol. The summed E-state index contributed by atoms with van der Waals surface area (Å²) in [5.74, 6) is 1.21. The van der Waals surface area contributed by atoms with Gasteiger partial charge in [0.25, 0.3) is 0 Å². The maximum Gasteiger partial charge on any atom is 0.128 e. The second-order valence-electron chi connectivity index (χ2n) is 5.04. The quantitative estimate of drug-likeness (QED) is 0.801. The van der Waals surface area contributed by atoms with Gasteiger partial charge in [-0.05, 0) is 43.9 Å². The van der Waals surface area contributed by atoms with Crippen LogP contribution in [0.4, 0.5) is 5.82 Å². The Balaban J connectivity index is 2.55. The van der Waals surface area contributed by atoms with Crippen LogP contribution in [0.5, 0.6) is 0 Å². The van der Waals surface area contributed by atoms with Gasteiger partial charge >= 0.3 is 0 Å². The van der Waals surface area contributed by atoms with E-state index in [2.05, 4.69) is 37.1 Å². The van der Waals surface area contributed by atoms with Crippen LogP contribution in [-0.4, -0.2) is 11.5 Å². The van der Waals surface area contributed by atoms with Crippen LogP contribution in [-0.2, 0) is 5.54 Å². The van der Waals surface area contributed by atoms with Crippen molar-refractivity contribution in [1.29, 1.82) is 0 Å². The molecule has 88 valence electrons. The van der Waals surface area contributed by atoms with Gasteiger partial charge < -0.3 is 11.1 Å². The molecule has 1 aliphatic rings. The third-order valence-electron chi connectivity index (χ3n) is 3.81. The number of aryl methyl sites for hydroxylation is 1. The topological polar surface area (TPSA) is 50.9 Å². The summed E-state index contributed by atoms with van der Waals surface area (Å²) in [7, 11) is 0. The lowest BCUT2D eigenvalue weighted by molar-refractivity contribution is 0.276. The maximum absolute atomic E-state index is 6.07. The van der Waals surface area contributed by atoms with Gasteiger partial charge in [0.2, 0.25) is 0 Å². The van der Waals surface area contributed by atoms with Gasteiger partial charge in [0.1, 0.15) is 5.82 Å². The first-order valence-electron chi connectivity index (χ1n) is 6.04. The number of hydrogen-bond acceptors (Lipinski definition) is 3. The maximum atomic E-state index is 6.07. The molecule has 0 bridgehead atoms. The molecule has 1 aromatic heterocycles. The highest BCUT2D eigenvalue weighted by molar-refractivity contribution is 5.49. The lowest BCUT2D eigenvalue weighted by Gasteiger charge is -2.36. The minimum Gasteiger partial charge on any atom is -0.383 e. The van der Waals surface area contributed by atoms with Crippen LogP contribution in [0.25, 0.3) is 0 Å². The normalized spacial score (nSPS) is 25.2. The molecule has 1 fully saturated rings. The van der Waals surface area contributed by atoms with Gasteiger partial charge in [-0.15, -0.1) is 0 Å². The van der Waals surface area contributed by atoms with Gasteiger partial charge in [-0.1, -0.05) is 13.8 Å². The highest BCUT2D eigenvalue weighted by Gasteiger charge is 2.40. The number of nitrogens with one attached hydrogen (secondary N) is 1. The summed E-state index contributed by atoms with van der Waals surface area (Å²) in [6.45, 7) is 7.71. The van der Waals surface area contributed by atoms with E-state index < -0.39 is 0 Å². The highest BCUT2D eigenvalue weighted by Crippen LogP contribution is 2.41. The predicted octanol–water partition coefficient (Wildman–Crippen LogP) is 2.21. The molecule has 1 atom stereocenters. The zero-order chi connectivity index (χ0) is 11.8. The number of anilines is 1. The summed E-state index contributed by atoms with van der Waals surface area (Å²) >= 11 is 0. The molecular formula is C13H21N3. The number of nitrogens with two attached hydrogens (primary N) is 1. The Kier molecular flexibility index (Phi) is 2.89. The van der Waals surface area contributed by atoms with Crippen molar-refractivity contribution in [1.82, 2.24) is 10.3 Å². The van der Waals surface area contributed by atoms with Gasteiger partial charge in [-0.3, -0.25) is 0 Å². The van der Waals surface area contributed by atoms with Crippen molar-refractivity contribution in [3.05, 3.63) is 23.4 Å². The van der Waals surface area contributed by atoms with Crippen LogP contribution in [0.2, 0.25) is 0 Å². The largest absolute Gasteiger partial charge is 0.383 e. The fraction of sp³-hybridized carbons (Fsp3) is 0.615. The molecule has 16 heavy (non-hydrogen) atoms. The van der Waals surface area contributed by atoms with Crippen molar-refractivity contribution in [3.8, 4) is 0 Å². The van der Waals surface area contributed by atoms with E-state index in [1.165, 1.54) is 17.5 Å². The first-order valence-corrected chi connectivity index (χ1v) is 6.04. The number of nitrogen functional groups attached to an aromatic ring is 1. The van der Waals surface area contributed by atoms with Crippen LogP contribution < -0.4 is 11.1 Å². The van der Waals surface area contributed by atoms with Crippen LogP contribution >= 0.6 is 0 Å². The molecule has 3 N–H and O–H groups in total. The average Bonchev–Trinajstić information content (AvgIpc) is 2.67. The van der Waals surface area contributed by atoms with E-state index in [-0.39, 0.29) is 5.54 Å². The van der Waals surface area contributed by atoms with E-state index in [1.807, 2.05) is 0 Å². The van der Waals surface area contributed by atoms with E-state index in [4.69, 9.17) is 5.73 Å². The van der Waals surface area contributed by atoms with Crippen molar-refractivity contribution in [2.75, 3.05) is 12.3 Å². The standard InChI is InChI=1S/C13H21N3/c1-9(2)13(6-4-7-16-13)11-10(3)5-8-15-12(11)14/h5,8-9,16H,4,6-7H2,1-3H3,(H2,14,15). The van der Waals surface area contributed by atoms with Crippen molar-refractivity contribution >= 4 is 5.82 Å². The fourth-order valence-corrected chi connectivity index (χ4v) is 2.92. The lowest BCUT2D eigenvalue weighted by Crippen LogP contribution is -2.43. The number of hydrogen-bond donors (Lipinski definition) is 2. The first kappa shape index (κ1) is 11.4. The molecule has 3 nitrogen and oxygen atoms in total. The van der Waals surface area contributed by atoms with Crippen LogP contribution in [0.1, 0.15) is 37.8 Å². The summed E-state index contributed by atoms with van der Waals surface area (Å²) < 4.78 is 0. The lowest BCUT2D eigenvalue weighted by atomic mass is 9.77. The van der Waals surface area contributed by atoms with Gasteiger partial charge in [0.15, 0.2) is 0 Å². The molecule has 3 heteroatoms. The molecule has 0 aliphatic carbocycles. The van der Waals surface area contributed by atoms with Gasteiger partial charge in [0.05, 0.1) is 0 Å². The van der Waals surface area contributed by atoms with E-state index in [9.17, 15) is 0 Å². The minimum absolute atomic E-state index is 0.0302. The smallest absolute Gasteiger partial charge is 0.128 e. The van der Waals surface area contributed by atoms with Crippen molar-refractivity contribution in [2.24, 2.45) is 5.92 Å². The van der Waals surface area contributed by atoms with E-state index in [0.717, 1.165) is 13.0 Å². The van der Waals surface area contributed by atoms with E-state index in [1.54, 1.807) is 6.20 Å². The molecule has 0 spiro atoms. The fourth-order valence-electron chi connectivity index (χ4n) is 2.92. The van der Waals surface area contributed by atoms with Gasteiger partial charge in [-0.25, -0.2) is 4.98 Å². The van der Waals surface area contributed by atoms with Crippen molar-refractivity contribution < 1.29 is 0 Å². The number of pyridine rings is 1. The van der Waals surface area contributed by atoms with Gasteiger partial charge in [0, 0.05) is 17.3 Å². The molecule has 0 radical (unpaired) electrons. The Morgan fingerprint density at radius 2 is 2.25 bits per heavy atom. The molecule has 0 aromatic carbocycles. The Hall–Kier alpha value is -1.09. The summed E-state index contributed by atoms with van der Waals surface area (Å²) in [6.07, 6.45) is 4.16. The predicted molar refractivity (Wildman–Crippen MR) is 67.1 cm³/mol. The van der Waals surface area contributed by atoms with E-state index in [0.29, 0.717) is 11.7 Å². The first-order chi connectivity index (χ1) is 7.58. The Labute approximate surface area is 97.5 Å².